The second kappa shape index (κ2) is 10.7. The molecular weight excluding hydrogens is 569 g/mol. The maximum absolute atomic E-state index is 11.4. The van der Waals surface area contributed by atoms with Crippen LogP contribution in [0.1, 0.15) is 69.4 Å². The summed E-state index contributed by atoms with van der Waals surface area (Å²) in [5.74, 6) is 0.738. The summed E-state index contributed by atoms with van der Waals surface area (Å²) >= 11 is 14.5. The van der Waals surface area contributed by atoms with Crippen LogP contribution in [0.3, 0.4) is 0 Å². The Hall–Kier alpha value is -3.10. The van der Waals surface area contributed by atoms with Crippen LogP contribution in [0.15, 0.2) is 60.7 Å². The molecule has 0 bridgehead atoms. The van der Waals surface area contributed by atoms with Crippen LogP contribution in [0.4, 0.5) is 0 Å². The lowest BCUT2D eigenvalue weighted by Gasteiger charge is -2.45. The molecule has 0 saturated heterocycles. The van der Waals surface area contributed by atoms with Crippen molar-refractivity contribution in [2.75, 3.05) is 7.11 Å². The third kappa shape index (κ3) is 5.07. The summed E-state index contributed by atoms with van der Waals surface area (Å²) in [5.41, 5.74) is 3.25. The first-order valence-electron chi connectivity index (χ1n) is 13.1. The molecular formula is C31H27Cl2NO5S. The van der Waals surface area contributed by atoms with Gasteiger partial charge in [0.05, 0.1) is 34.0 Å². The molecule has 0 amide bonds. The first-order chi connectivity index (χ1) is 19.3. The quantitative estimate of drug-likeness (QED) is 0.203. The minimum Gasteiger partial charge on any atom is -0.496 e. The van der Waals surface area contributed by atoms with Gasteiger partial charge in [0.15, 0.2) is 0 Å². The highest BCUT2D eigenvalue weighted by atomic mass is 35.5. The number of methoxy groups -OCH3 is 1. The number of halogens is 2. The lowest BCUT2D eigenvalue weighted by atomic mass is 9.64. The Morgan fingerprint density at radius 3 is 2.45 bits per heavy atom. The van der Waals surface area contributed by atoms with Crippen molar-refractivity contribution in [3.05, 3.63) is 97.8 Å². The molecule has 0 aliphatic heterocycles. The predicted molar refractivity (Wildman–Crippen MR) is 156 cm³/mol. The van der Waals surface area contributed by atoms with Gasteiger partial charge in [-0.15, -0.1) is 0 Å². The summed E-state index contributed by atoms with van der Waals surface area (Å²) in [6, 6.07) is 17.8. The van der Waals surface area contributed by atoms with Crippen LogP contribution in [0.5, 0.6) is 11.5 Å². The first-order valence-corrected chi connectivity index (χ1v) is 14.6. The molecule has 4 aromatic rings. The summed E-state index contributed by atoms with van der Waals surface area (Å²) in [6.45, 7) is 0.300. The number of rotatable bonds is 9. The summed E-state index contributed by atoms with van der Waals surface area (Å²) in [4.78, 5) is 12.6. The molecule has 0 radical (unpaired) electrons. The highest BCUT2D eigenvalue weighted by Crippen LogP contribution is 2.53. The van der Waals surface area contributed by atoms with E-state index in [1.165, 1.54) is 16.4 Å². The summed E-state index contributed by atoms with van der Waals surface area (Å²) in [6.07, 6.45) is 3.21. The van der Waals surface area contributed by atoms with E-state index in [-0.39, 0.29) is 11.5 Å². The van der Waals surface area contributed by atoms with Gasteiger partial charge in [-0.3, -0.25) is 0 Å². The Bertz CT molecular complexity index is 1570. The summed E-state index contributed by atoms with van der Waals surface area (Å²) in [7, 11) is 1.57. The number of ether oxygens (including phenoxy) is 2. The van der Waals surface area contributed by atoms with Gasteiger partial charge in [0.25, 0.3) is 0 Å². The number of carboxylic acids is 1. The van der Waals surface area contributed by atoms with Crippen LogP contribution in [-0.2, 0) is 12.2 Å². The van der Waals surface area contributed by atoms with E-state index in [9.17, 15) is 15.0 Å². The summed E-state index contributed by atoms with van der Waals surface area (Å²) < 4.78 is 16.7. The minimum atomic E-state index is -1.07. The van der Waals surface area contributed by atoms with Gasteiger partial charge in [-0.05, 0) is 91.0 Å². The number of aromatic nitrogens is 1. The third-order valence-corrected chi connectivity index (χ3v) is 9.48. The van der Waals surface area contributed by atoms with E-state index in [1.807, 2.05) is 36.4 Å². The number of nitrogens with zero attached hydrogens (tertiary/aromatic N) is 1. The van der Waals surface area contributed by atoms with Gasteiger partial charge < -0.3 is 19.7 Å². The number of carbonyl (C=O) groups is 1. The van der Waals surface area contributed by atoms with Crippen molar-refractivity contribution in [3.63, 3.8) is 0 Å². The molecule has 2 aliphatic rings. The molecule has 2 N–H and O–H groups in total. The second-order valence-electron chi connectivity index (χ2n) is 10.5. The SMILES string of the molecule is COc1cc(OCc2c(-c3c(Cl)cccc3Cl)nsc2C2CC2)ccc1C1(O)CC(c2cccc(C(=O)O)c2)C1. The molecule has 206 valence electrons. The van der Waals surface area contributed by atoms with E-state index < -0.39 is 11.6 Å². The number of carboxylic acid groups (broad SMARTS) is 1. The van der Waals surface area contributed by atoms with Gasteiger partial charge in [0, 0.05) is 27.6 Å². The van der Waals surface area contributed by atoms with Crippen molar-refractivity contribution < 1.29 is 24.5 Å². The summed E-state index contributed by atoms with van der Waals surface area (Å²) in [5, 5.41) is 21.8. The van der Waals surface area contributed by atoms with Gasteiger partial charge in [-0.2, -0.15) is 4.37 Å². The molecule has 0 atom stereocenters. The fraction of sp³-hybridized carbons (Fsp3) is 0.290. The van der Waals surface area contributed by atoms with Crippen LogP contribution in [0.25, 0.3) is 11.3 Å². The Balaban J connectivity index is 1.21. The minimum absolute atomic E-state index is 0.0620. The van der Waals surface area contributed by atoms with Gasteiger partial charge in [0.1, 0.15) is 18.1 Å². The zero-order valence-corrected chi connectivity index (χ0v) is 24.0. The molecule has 3 aromatic carbocycles. The molecule has 40 heavy (non-hydrogen) atoms. The normalized spacial score (nSPS) is 20.1. The first kappa shape index (κ1) is 27.1. The topological polar surface area (TPSA) is 88.9 Å². The van der Waals surface area contributed by atoms with Crippen LogP contribution < -0.4 is 9.47 Å². The standard InChI is InChI=1S/C31H27Cl2NO5S/c1-38-26-13-21(10-11-23(26)31(37)14-20(15-31)18-4-2-5-19(12-18)30(35)36)39-16-22-28(34-40-29(22)17-8-9-17)27-24(32)6-3-7-25(27)33/h2-7,10-13,17,20,37H,8-9,14-16H2,1H3,(H,35,36). The highest BCUT2D eigenvalue weighted by molar-refractivity contribution is 7.06. The number of aliphatic hydroxyl groups is 1. The second-order valence-corrected chi connectivity index (χ2v) is 12.1. The molecule has 9 heteroatoms. The Kier molecular flexibility index (Phi) is 7.25. The van der Waals surface area contributed by atoms with Gasteiger partial charge >= 0.3 is 5.97 Å². The van der Waals surface area contributed by atoms with Crippen LogP contribution in [0, 0.1) is 0 Å². The maximum atomic E-state index is 11.4. The van der Waals surface area contributed by atoms with Crippen LogP contribution >= 0.6 is 34.7 Å². The van der Waals surface area contributed by atoms with E-state index in [1.54, 1.807) is 31.4 Å². The van der Waals surface area contributed by atoms with Crippen molar-refractivity contribution in [2.45, 2.75) is 49.7 Å². The predicted octanol–water partition coefficient (Wildman–Crippen LogP) is 8.05. The monoisotopic (exact) mass is 595 g/mol. The fourth-order valence-electron chi connectivity index (χ4n) is 5.49. The van der Waals surface area contributed by atoms with Crippen molar-refractivity contribution in [1.29, 1.82) is 0 Å². The highest BCUT2D eigenvalue weighted by Gasteiger charge is 2.46. The van der Waals surface area contributed by atoms with Gasteiger partial charge in [-0.25, -0.2) is 4.79 Å². The van der Waals surface area contributed by atoms with E-state index in [4.69, 9.17) is 37.0 Å². The molecule has 2 saturated carbocycles. The Morgan fingerprint density at radius 2 is 1.77 bits per heavy atom. The Morgan fingerprint density at radius 1 is 1.05 bits per heavy atom. The molecule has 2 aliphatic carbocycles. The van der Waals surface area contributed by atoms with E-state index in [2.05, 4.69) is 0 Å². The van der Waals surface area contributed by atoms with E-state index in [0.29, 0.717) is 52.5 Å². The molecule has 2 fully saturated rings. The van der Waals surface area contributed by atoms with E-state index in [0.717, 1.165) is 35.2 Å². The zero-order chi connectivity index (χ0) is 28.0. The smallest absolute Gasteiger partial charge is 0.335 e. The van der Waals surface area contributed by atoms with Gasteiger partial charge in [-0.1, -0.05) is 41.4 Å². The van der Waals surface area contributed by atoms with Crippen LogP contribution in [-0.4, -0.2) is 27.7 Å². The fourth-order valence-corrected chi connectivity index (χ4v) is 7.10. The molecule has 0 unspecified atom stereocenters. The molecule has 1 heterocycles. The van der Waals surface area contributed by atoms with Crippen molar-refractivity contribution in [1.82, 2.24) is 4.37 Å². The number of benzene rings is 3. The Labute approximate surface area is 246 Å². The largest absolute Gasteiger partial charge is 0.496 e. The van der Waals surface area contributed by atoms with Crippen molar-refractivity contribution in [2.24, 2.45) is 0 Å². The lowest BCUT2D eigenvalue weighted by molar-refractivity contribution is -0.0565. The lowest BCUT2D eigenvalue weighted by Crippen LogP contribution is -2.40. The van der Waals surface area contributed by atoms with Crippen LogP contribution in [0.2, 0.25) is 10.0 Å². The average molecular weight is 597 g/mol. The zero-order valence-electron chi connectivity index (χ0n) is 21.7. The maximum Gasteiger partial charge on any atom is 0.335 e. The molecule has 6 nitrogen and oxygen atoms in total. The molecule has 0 spiro atoms. The molecule has 1 aromatic heterocycles. The number of hydrogen-bond acceptors (Lipinski definition) is 6. The van der Waals surface area contributed by atoms with Crippen molar-refractivity contribution >= 4 is 40.7 Å². The number of hydrogen-bond donors (Lipinski definition) is 2. The average Bonchev–Trinajstić information content (AvgIpc) is 3.70. The third-order valence-electron chi connectivity index (χ3n) is 7.80. The van der Waals surface area contributed by atoms with Crippen molar-refractivity contribution in [3.8, 4) is 22.8 Å². The van der Waals surface area contributed by atoms with Gasteiger partial charge in [0.2, 0.25) is 0 Å². The van der Waals surface area contributed by atoms with E-state index >= 15 is 0 Å². The molecule has 6 rings (SSSR count). The number of aromatic carboxylic acids is 1.